The second kappa shape index (κ2) is 4.71. The smallest absolute Gasteiger partial charge is 0.223 e. The molecule has 3 aromatic heterocycles. The Morgan fingerprint density at radius 1 is 1.21 bits per heavy atom. The van der Waals surface area contributed by atoms with Gasteiger partial charge < -0.3 is 11.2 Å². The molecule has 0 aliphatic heterocycles. The first-order valence-electron chi connectivity index (χ1n) is 5.35. The first-order valence-corrected chi connectivity index (χ1v) is 6.17. The molecule has 3 heterocycles. The average Bonchev–Trinajstić information content (AvgIpc) is 2.82. The largest absolute Gasteiger partial charge is 0.368 e. The number of anilines is 2. The summed E-state index contributed by atoms with van der Waals surface area (Å²) in [7, 11) is 0. The van der Waals surface area contributed by atoms with Gasteiger partial charge in [0.05, 0.1) is 0 Å². The Morgan fingerprint density at radius 3 is 2.95 bits per heavy atom. The molecule has 0 bridgehead atoms. The van der Waals surface area contributed by atoms with Crippen molar-refractivity contribution in [1.29, 1.82) is 0 Å². The number of fused-ring (bicyclic) bond motifs is 1. The lowest BCUT2D eigenvalue weighted by Gasteiger charge is -2.03. The van der Waals surface area contributed by atoms with E-state index in [-0.39, 0.29) is 5.95 Å². The molecule has 0 aliphatic rings. The number of aromatic nitrogens is 5. The van der Waals surface area contributed by atoms with Gasteiger partial charge in [-0.1, -0.05) is 6.07 Å². The highest BCUT2D eigenvalue weighted by atomic mass is 32.2. The Morgan fingerprint density at radius 2 is 2.11 bits per heavy atom. The number of nitrogens with one attached hydrogen (secondary N) is 1. The predicted molar refractivity (Wildman–Crippen MR) is 71.4 cm³/mol. The van der Waals surface area contributed by atoms with Gasteiger partial charge in [0.15, 0.2) is 5.65 Å². The van der Waals surface area contributed by atoms with Crippen molar-refractivity contribution in [2.45, 2.75) is 10.2 Å². The van der Waals surface area contributed by atoms with Crippen molar-refractivity contribution < 1.29 is 0 Å². The second-order valence-electron chi connectivity index (χ2n) is 3.61. The lowest BCUT2D eigenvalue weighted by Crippen LogP contribution is -2.10. The lowest BCUT2D eigenvalue weighted by molar-refractivity contribution is 0.915. The van der Waals surface area contributed by atoms with Crippen LogP contribution in [0.4, 0.5) is 11.8 Å². The van der Waals surface area contributed by atoms with Crippen molar-refractivity contribution in [3.8, 4) is 0 Å². The Labute approximate surface area is 112 Å². The molecule has 0 radical (unpaired) electrons. The van der Waals surface area contributed by atoms with E-state index >= 15 is 0 Å². The zero-order valence-corrected chi connectivity index (χ0v) is 10.5. The summed E-state index contributed by atoms with van der Waals surface area (Å²) in [5.41, 5.74) is 8.81. The molecule has 96 valence electrons. The number of rotatable bonds is 3. The Hall–Kier alpha value is -2.39. The van der Waals surface area contributed by atoms with Crippen LogP contribution in [0.5, 0.6) is 0 Å². The number of nitrogens with zero attached hydrogens (tertiary/aromatic N) is 5. The van der Waals surface area contributed by atoms with E-state index in [1.54, 1.807) is 6.07 Å². The van der Waals surface area contributed by atoms with Crippen molar-refractivity contribution in [2.24, 2.45) is 5.84 Å². The Balaban J connectivity index is 1.99. The summed E-state index contributed by atoms with van der Waals surface area (Å²) in [6.45, 7) is 0. The van der Waals surface area contributed by atoms with Gasteiger partial charge in [0.1, 0.15) is 10.8 Å². The molecule has 9 heteroatoms. The molecule has 0 amide bonds. The van der Waals surface area contributed by atoms with Crippen LogP contribution in [0.1, 0.15) is 0 Å². The lowest BCUT2D eigenvalue weighted by atomic mass is 10.5. The molecule has 0 aliphatic carbocycles. The molecule has 8 nitrogen and oxygen atoms in total. The topological polar surface area (TPSA) is 120 Å². The van der Waals surface area contributed by atoms with E-state index in [1.165, 1.54) is 11.8 Å². The average molecular weight is 274 g/mol. The van der Waals surface area contributed by atoms with Crippen LogP contribution in [0.3, 0.4) is 0 Å². The molecule has 3 rings (SSSR count). The Kier molecular flexibility index (Phi) is 2.89. The first-order chi connectivity index (χ1) is 9.26. The van der Waals surface area contributed by atoms with E-state index in [4.69, 9.17) is 11.6 Å². The van der Waals surface area contributed by atoms with Crippen LogP contribution >= 0.6 is 11.8 Å². The van der Waals surface area contributed by atoms with E-state index in [2.05, 4.69) is 25.6 Å². The molecule has 3 aromatic rings. The maximum absolute atomic E-state index is 5.60. The highest BCUT2D eigenvalue weighted by Crippen LogP contribution is 2.26. The molecule has 0 fully saturated rings. The van der Waals surface area contributed by atoms with Gasteiger partial charge in [0, 0.05) is 12.3 Å². The number of hydrazine groups is 1. The van der Waals surface area contributed by atoms with Gasteiger partial charge in [-0.25, -0.2) is 10.8 Å². The van der Waals surface area contributed by atoms with Crippen LogP contribution in [0.25, 0.3) is 5.65 Å². The van der Waals surface area contributed by atoms with Gasteiger partial charge >= 0.3 is 0 Å². The SMILES string of the molecule is NNc1cc(Sc2nnc3ccccn23)nc(N)n1. The van der Waals surface area contributed by atoms with Crippen molar-refractivity contribution in [3.05, 3.63) is 30.5 Å². The summed E-state index contributed by atoms with van der Waals surface area (Å²) >= 11 is 1.33. The van der Waals surface area contributed by atoms with Gasteiger partial charge in [-0.05, 0) is 23.9 Å². The molecule has 19 heavy (non-hydrogen) atoms. The molecule has 0 spiro atoms. The van der Waals surface area contributed by atoms with E-state index < -0.39 is 0 Å². The number of pyridine rings is 1. The fourth-order valence-electron chi connectivity index (χ4n) is 1.55. The fraction of sp³-hybridized carbons (Fsp3) is 0. The van der Waals surface area contributed by atoms with E-state index in [0.717, 1.165) is 5.65 Å². The van der Waals surface area contributed by atoms with Crippen molar-refractivity contribution in [1.82, 2.24) is 24.6 Å². The molecular formula is C10H10N8S. The van der Waals surface area contributed by atoms with Crippen LogP contribution < -0.4 is 17.0 Å². The summed E-state index contributed by atoms with van der Waals surface area (Å²) < 4.78 is 1.86. The standard InChI is InChI=1S/C10H10N8S/c11-9-13-6(15-12)5-8(14-9)19-10-17-16-7-3-1-2-4-18(7)10/h1-5H,12H2,(H3,11,13,14,15). The van der Waals surface area contributed by atoms with Crippen LogP contribution in [-0.2, 0) is 0 Å². The third-order valence-electron chi connectivity index (χ3n) is 2.35. The molecular weight excluding hydrogens is 264 g/mol. The summed E-state index contributed by atoms with van der Waals surface area (Å²) in [5.74, 6) is 5.91. The summed E-state index contributed by atoms with van der Waals surface area (Å²) in [6, 6.07) is 7.36. The van der Waals surface area contributed by atoms with Crippen LogP contribution in [0.15, 0.2) is 40.6 Å². The van der Waals surface area contributed by atoms with E-state index in [9.17, 15) is 0 Å². The number of hydrogen-bond donors (Lipinski definition) is 3. The highest BCUT2D eigenvalue weighted by Gasteiger charge is 2.09. The predicted octanol–water partition coefficient (Wildman–Crippen LogP) is 0.538. The van der Waals surface area contributed by atoms with Gasteiger partial charge in [-0.2, -0.15) is 4.98 Å². The number of nitrogen functional groups attached to an aromatic ring is 2. The second-order valence-corrected chi connectivity index (χ2v) is 4.59. The number of nitrogens with two attached hydrogens (primary N) is 2. The number of hydrogen-bond acceptors (Lipinski definition) is 8. The molecule has 0 aromatic carbocycles. The van der Waals surface area contributed by atoms with Crippen LogP contribution in [-0.4, -0.2) is 24.6 Å². The monoisotopic (exact) mass is 274 g/mol. The Bertz CT molecular complexity index is 724. The highest BCUT2D eigenvalue weighted by molar-refractivity contribution is 7.99. The molecule has 0 saturated carbocycles. The minimum absolute atomic E-state index is 0.145. The van der Waals surface area contributed by atoms with Gasteiger partial charge in [0.2, 0.25) is 11.1 Å². The van der Waals surface area contributed by atoms with Gasteiger partial charge in [0.25, 0.3) is 0 Å². The molecule has 5 N–H and O–H groups in total. The zero-order chi connectivity index (χ0) is 13.2. The van der Waals surface area contributed by atoms with Crippen LogP contribution in [0.2, 0.25) is 0 Å². The zero-order valence-electron chi connectivity index (χ0n) is 9.69. The summed E-state index contributed by atoms with van der Waals surface area (Å²) in [6.07, 6.45) is 1.88. The first kappa shape index (κ1) is 11.7. The maximum atomic E-state index is 5.60. The summed E-state index contributed by atoms with van der Waals surface area (Å²) in [4.78, 5) is 8.03. The van der Waals surface area contributed by atoms with Crippen molar-refractivity contribution >= 4 is 29.2 Å². The fourth-order valence-corrected chi connectivity index (χ4v) is 2.38. The molecule has 0 atom stereocenters. The van der Waals surface area contributed by atoms with Crippen LogP contribution in [0, 0.1) is 0 Å². The normalized spacial score (nSPS) is 10.8. The third-order valence-corrected chi connectivity index (χ3v) is 3.23. The third kappa shape index (κ3) is 2.28. The van der Waals surface area contributed by atoms with E-state index in [0.29, 0.717) is 16.0 Å². The van der Waals surface area contributed by atoms with Gasteiger partial charge in [-0.3, -0.25) is 4.40 Å². The maximum Gasteiger partial charge on any atom is 0.223 e. The van der Waals surface area contributed by atoms with Crippen molar-refractivity contribution in [2.75, 3.05) is 11.2 Å². The quantitative estimate of drug-likeness (QED) is 0.359. The molecule has 0 saturated heterocycles. The van der Waals surface area contributed by atoms with E-state index in [1.807, 2.05) is 28.8 Å². The molecule has 0 unspecified atom stereocenters. The van der Waals surface area contributed by atoms with Crippen molar-refractivity contribution in [3.63, 3.8) is 0 Å². The summed E-state index contributed by atoms with van der Waals surface area (Å²) in [5, 5.41) is 9.48. The minimum Gasteiger partial charge on any atom is -0.368 e. The minimum atomic E-state index is 0.145. The van der Waals surface area contributed by atoms with Gasteiger partial charge in [-0.15, -0.1) is 10.2 Å².